The van der Waals surface area contributed by atoms with Crippen molar-refractivity contribution < 1.29 is 12.8 Å². The van der Waals surface area contributed by atoms with Crippen LogP contribution in [-0.2, 0) is 16.6 Å². The third kappa shape index (κ3) is 3.91. The number of hydrogen-bond acceptors (Lipinski definition) is 3. The largest absolute Gasteiger partial charge is 0.316 e. The van der Waals surface area contributed by atoms with Crippen LogP contribution in [0.4, 0.5) is 4.39 Å². The fourth-order valence-electron chi connectivity index (χ4n) is 1.77. The summed E-state index contributed by atoms with van der Waals surface area (Å²) < 4.78 is 39.7. The zero-order valence-electron chi connectivity index (χ0n) is 11.9. The summed E-state index contributed by atoms with van der Waals surface area (Å²) in [4.78, 5) is -0.0664. The average Bonchev–Trinajstić information content (AvgIpc) is 2.40. The molecule has 0 aliphatic heterocycles. The number of halogens is 2. The lowest BCUT2D eigenvalue weighted by atomic mass is 10.2. The quantitative estimate of drug-likeness (QED) is 0.839. The smallest absolute Gasteiger partial charge is 0.242 e. The van der Waals surface area contributed by atoms with Crippen molar-refractivity contribution in [1.82, 2.24) is 9.62 Å². The van der Waals surface area contributed by atoms with Gasteiger partial charge < -0.3 is 5.32 Å². The van der Waals surface area contributed by atoms with Gasteiger partial charge in [0.1, 0.15) is 5.82 Å². The highest BCUT2D eigenvalue weighted by atomic mass is 35.5. The molecule has 0 fully saturated rings. The lowest BCUT2D eigenvalue weighted by Crippen LogP contribution is -2.28. The van der Waals surface area contributed by atoms with E-state index in [1.165, 1.54) is 17.4 Å². The summed E-state index contributed by atoms with van der Waals surface area (Å²) in [5, 5.41) is 2.79. The molecule has 1 aromatic carbocycles. The zero-order chi connectivity index (χ0) is 15.3. The van der Waals surface area contributed by atoms with Crippen LogP contribution in [0.2, 0.25) is 5.02 Å². The molecule has 0 aliphatic carbocycles. The van der Waals surface area contributed by atoms with E-state index < -0.39 is 15.8 Å². The van der Waals surface area contributed by atoms with Crippen molar-refractivity contribution in [2.24, 2.45) is 0 Å². The van der Waals surface area contributed by atoms with Gasteiger partial charge in [0.25, 0.3) is 0 Å². The Hall–Kier alpha value is -0.690. The number of rotatable bonds is 7. The fourth-order valence-corrected chi connectivity index (χ4v) is 3.22. The van der Waals surface area contributed by atoms with Gasteiger partial charge in [0.2, 0.25) is 10.0 Å². The first-order valence-corrected chi connectivity index (χ1v) is 8.25. The maximum absolute atomic E-state index is 13.8. The molecule has 114 valence electrons. The molecule has 1 aromatic rings. The molecule has 0 bridgehead atoms. The third-order valence-corrected chi connectivity index (χ3v) is 5.24. The molecule has 0 saturated heterocycles. The van der Waals surface area contributed by atoms with Crippen molar-refractivity contribution in [2.45, 2.75) is 31.2 Å². The minimum atomic E-state index is -3.68. The number of nitrogens with zero attached hydrogens (tertiary/aromatic N) is 1. The second-order valence-electron chi connectivity index (χ2n) is 4.59. The van der Waals surface area contributed by atoms with E-state index in [1.54, 1.807) is 7.05 Å². The highest BCUT2D eigenvalue weighted by Gasteiger charge is 2.23. The minimum absolute atomic E-state index is 0.0467. The standard InChI is InChI=1S/C13H20ClFN2O2S/c1-4-5-6-17(3)20(18,19)11-7-10(9-16-2)13(14)12(15)8-11/h7-8,16H,4-6,9H2,1-3H3. The lowest BCUT2D eigenvalue weighted by molar-refractivity contribution is 0.458. The van der Waals surface area contributed by atoms with Gasteiger partial charge in [-0.1, -0.05) is 24.9 Å². The molecule has 0 amide bonds. The maximum atomic E-state index is 13.8. The summed E-state index contributed by atoms with van der Waals surface area (Å²) in [7, 11) is -0.506. The molecule has 0 radical (unpaired) electrons. The molecule has 0 aliphatic rings. The van der Waals surface area contributed by atoms with E-state index >= 15 is 0 Å². The molecular formula is C13H20ClFN2O2S. The molecule has 0 saturated carbocycles. The summed E-state index contributed by atoms with van der Waals surface area (Å²) in [6, 6.07) is 2.39. The lowest BCUT2D eigenvalue weighted by Gasteiger charge is -2.18. The van der Waals surface area contributed by atoms with Crippen LogP contribution in [0.5, 0.6) is 0 Å². The van der Waals surface area contributed by atoms with Crippen LogP contribution < -0.4 is 5.32 Å². The molecule has 0 heterocycles. The predicted molar refractivity (Wildman–Crippen MR) is 78.9 cm³/mol. The van der Waals surface area contributed by atoms with Crippen LogP contribution in [-0.4, -0.2) is 33.4 Å². The van der Waals surface area contributed by atoms with Gasteiger partial charge in [0.05, 0.1) is 9.92 Å². The fraction of sp³-hybridized carbons (Fsp3) is 0.538. The second-order valence-corrected chi connectivity index (χ2v) is 7.01. The van der Waals surface area contributed by atoms with Gasteiger partial charge >= 0.3 is 0 Å². The number of benzene rings is 1. The van der Waals surface area contributed by atoms with Crippen LogP contribution in [0.15, 0.2) is 17.0 Å². The Labute approximate surface area is 125 Å². The van der Waals surface area contributed by atoms with Gasteiger partial charge in [-0.25, -0.2) is 17.1 Å². The molecule has 0 atom stereocenters. The first-order chi connectivity index (χ1) is 9.34. The Balaban J connectivity index is 3.18. The van der Waals surface area contributed by atoms with Crippen LogP contribution in [0.3, 0.4) is 0 Å². The third-order valence-electron chi connectivity index (χ3n) is 2.98. The van der Waals surface area contributed by atoms with E-state index in [9.17, 15) is 12.8 Å². The van der Waals surface area contributed by atoms with E-state index in [0.717, 1.165) is 18.9 Å². The molecule has 4 nitrogen and oxygen atoms in total. The topological polar surface area (TPSA) is 49.4 Å². The second kappa shape index (κ2) is 7.36. The van der Waals surface area contributed by atoms with Gasteiger partial charge in [-0.3, -0.25) is 0 Å². The Morgan fingerprint density at radius 2 is 2.05 bits per heavy atom. The van der Waals surface area contributed by atoms with E-state index in [1.807, 2.05) is 6.92 Å². The highest BCUT2D eigenvalue weighted by molar-refractivity contribution is 7.89. The number of hydrogen-bond donors (Lipinski definition) is 1. The average molecular weight is 323 g/mol. The summed E-state index contributed by atoms with van der Waals surface area (Å²) in [6.07, 6.45) is 1.65. The Morgan fingerprint density at radius 3 is 2.60 bits per heavy atom. The molecule has 0 unspecified atom stereocenters. The molecular weight excluding hydrogens is 303 g/mol. The summed E-state index contributed by atoms with van der Waals surface area (Å²) in [5.74, 6) is -0.720. The summed E-state index contributed by atoms with van der Waals surface area (Å²) in [6.45, 7) is 2.69. The molecule has 1 N–H and O–H groups in total. The first kappa shape index (κ1) is 17.4. The van der Waals surface area contributed by atoms with E-state index in [4.69, 9.17) is 11.6 Å². The van der Waals surface area contributed by atoms with Gasteiger partial charge in [-0.15, -0.1) is 0 Å². The van der Waals surface area contributed by atoms with E-state index in [-0.39, 0.29) is 9.92 Å². The Kier molecular flexibility index (Phi) is 6.39. The van der Waals surface area contributed by atoms with Crippen molar-refractivity contribution in [2.75, 3.05) is 20.6 Å². The van der Waals surface area contributed by atoms with Crippen molar-refractivity contribution in [3.05, 3.63) is 28.5 Å². The molecule has 0 aromatic heterocycles. The normalized spacial score (nSPS) is 12.1. The van der Waals surface area contributed by atoms with E-state index in [0.29, 0.717) is 18.7 Å². The summed E-state index contributed by atoms with van der Waals surface area (Å²) in [5.41, 5.74) is 0.427. The Bertz CT molecular complexity index is 564. The van der Waals surface area contributed by atoms with Crippen LogP contribution >= 0.6 is 11.6 Å². The molecule has 20 heavy (non-hydrogen) atoms. The summed E-state index contributed by atoms with van der Waals surface area (Å²) >= 11 is 5.83. The van der Waals surface area contributed by atoms with Gasteiger partial charge in [-0.2, -0.15) is 0 Å². The SMILES string of the molecule is CCCCN(C)S(=O)(=O)c1cc(F)c(Cl)c(CNC)c1. The molecule has 0 spiro atoms. The van der Waals surface area contributed by atoms with Crippen LogP contribution in [0, 0.1) is 5.82 Å². The number of sulfonamides is 1. The maximum Gasteiger partial charge on any atom is 0.242 e. The zero-order valence-corrected chi connectivity index (χ0v) is 13.5. The van der Waals surface area contributed by atoms with Gasteiger partial charge in [0.15, 0.2) is 0 Å². The monoisotopic (exact) mass is 322 g/mol. The van der Waals surface area contributed by atoms with Crippen molar-refractivity contribution >= 4 is 21.6 Å². The van der Waals surface area contributed by atoms with Gasteiger partial charge in [0, 0.05) is 20.1 Å². The van der Waals surface area contributed by atoms with Crippen LogP contribution in [0.1, 0.15) is 25.3 Å². The molecule has 7 heteroatoms. The Morgan fingerprint density at radius 1 is 1.40 bits per heavy atom. The number of unbranched alkanes of at least 4 members (excludes halogenated alkanes) is 1. The predicted octanol–water partition coefficient (Wildman–Crippen LogP) is 2.62. The highest BCUT2D eigenvalue weighted by Crippen LogP contribution is 2.26. The number of nitrogens with one attached hydrogen (secondary N) is 1. The van der Waals surface area contributed by atoms with Gasteiger partial charge in [-0.05, 0) is 31.2 Å². The molecule has 1 rings (SSSR count). The van der Waals surface area contributed by atoms with Crippen molar-refractivity contribution in [3.63, 3.8) is 0 Å². The first-order valence-electron chi connectivity index (χ1n) is 6.43. The van der Waals surface area contributed by atoms with Crippen LogP contribution in [0.25, 0.3) is 0 Å². The minimum Gasteiger partial charge on any atom is -0.316 e. The van der Waals surface area contributed by atoms with Crippen molar-refractivity contribution in [1.29, 1.82) is 0 Å². The van der Waals surface area contributed by atoms with Crippen molar-refractivity contribution in [3.8, 4) is 0 Å². The van der Waals surface area contributed by atoms with E-state index in [2.05, 4.69) is 5.32 Å².